The van der Waals surface area contributed by atoms with Gasteiger partial charge in [-0.1, -0.05) is 20.8 Å². The Morgan fingerprint density at radius 3 is 2.33 bits per heavy atom. The lowest BCUT2D eigenvalue weighted by Crippen LogP contribution is -2.51. The topological polar surface area (TPSA) is 9.72 Å². The summed E-state index contributed by atoms with van der Waals surface area (Å²) in [6.45, 7) is 17.3. The molecule has 2 rings (SSSR count). The minimum atomic E-state index is 0.808. The van der Waals surface area contributed by atoms with Gasteiger partial charge in [0.1, 0.15) is 0 Å². The quantitative estimate of drug-likeness (QED) is 0.739. The minimum absolute atomic E-state index is 0.808. The molecule has 2 aliphatic heterocycles. The van der Waals surface area contributed by atoms with Gasteiger partial charge in [0, 0.05) is 45.3 Å². The first-order valence-electron chi connectivity index (χ1n) is 7.87. The van der Waals surface area contributed by atoms with Crippen molar-refractivity contribution in [2.45, 2.75) is 39.7 Å². The molecule has 2 saturated heterocycles. The van der Waals surface area contributed by atoms with Gasteiger partial charge in [0.2, 0.25) is 0 Å². The summed E-state index contributed by atoms with van der Waals surface area (Å²) in [5, 5.41) is 0. The van der Waals surface area contributed by atoms with Crippen LogP contribution in [0.2, 0.25) is 0 Å². The number of nitrogens with zero attached hydrogens (tertiary/aromatic N) is 3. The van der Waals surface area contributed by atoms with E-state index in [9.17, 15) is 0 Å². The standard InChI is InChI=1S/C15H31N3/c1-4-6-16-7-5-15(13-16)18-10-8-17(9-11-18)12-14(2)3/h14-15H,4-13H2,1-3H3/t15-/m0/s1. The molecule has 2 aliphatic rings. The summed E-state index contributed by atoms with van der Waals surface area (Å²) in [5.74, 6) is 0.808. The Morgan fingerprint density at radius 1 is 1.00 bits per heavy atom. The normalized spacial score (nSPS) is 28.3. The molecule has 0 aromatic rings. The first-order chi connectivity index (χ1) is 8.69. The van der Waals surface area contributed by atoms with Crippen molar-refractivity contribution in [3.63, 3.8) is 0 Å². The van der Waals surface area contributed by atoms with Gasteiger partial charge in [-0.25, -0.2) is 0 Å². The van der Waals surface area contributed by atoms with Crippen LogP contribution in [-0.4, -0.2) is 73.1 Å². The van der Waals surface area contributed by atoms with E-state index in [0.717, 1.165) is 12.0 Å². The Balaban J connectivity index is 1.70. The Morgan fingerprint density at radius 2 is 1.72 bits per heavy atom. The van der Waals surface area contributed by atoms with E-state index in [4.69, 9.17) is 0 Å². The maximum atomic E-state index is 2.74. The molecule has 2 heterocycles. The average Bonchev–Trinajstić information content (AvgIpc) is 2.78. The number of hydrogen-bond acceptors (Lipinski definition) is 3. The lowest BCUT2D eigenvalue weighted by molar-refractivity contribution is 0.0907. The largest absolute Gasteiger partial charge is 0.302 e. The van der Waals surface area contributed by atoms with E-state index < -0.39 is 0 Å². The van der Waals surface area contributed by atoms with E-state index in [0.29, 0.717) is 0 Å². The SMILES string of the molecule is CCCN1CC[C@H](N2CCN(CC(C)C)CC2)C1. The van der Waals surface area contributed by atoms with Crippen molar-refractivity contribution in [1.29, 1.82) is 0 Å². The van der Waals surface area contributed by atoms with Crippen LogP contribution in [0.3, 0.4) is 0 Å². The summed E-state index contributed by atoms with van der Waals surface area (Å²) >= 11 is 0. The molecule has 0 aromatic carbocycles. The van der Waals surface area contributed by atoms with Crippen LogP contribution in [0, 0.1) is 5.92 Å². The molecule has 0 radical (unpaired) electrons. The maximum Gasteiger partial charge on any atom is 0.0236 e. The van der Waals surface area contributed by atoms with E-state index in [2.05, 4.69) is 35.5 Å². The summed E-state index contributed by atoms with van der Waals surface area (Å²) < 4.78 is 0. The van der Waals surface area contributed by atoms with Crippen LogP contribution in [0.15, 0.2) is 0 Å². The summed E-state index contributed by atoms with van der Waals surface area (Å²) in [7, 11) is 0. The number of likely N-dealkylation sites (tertiary alicyclic amines) is 1. The van der Waals surface area contributed by atoms with Gasteiger partial charge >= 0.3 is 0 Å². The highest BCUT2D eigenvalue weighted by Gasteiger charge is 2.29. The second kappa shape index (κ2) is 6.88. The molecule has 0 aromatic heterocycles. The van der Waals surface area contributed by atoms with Crippen molar-refractivity contribution in [2.24, 2.45) is 5.92 Å². The fraction of sp³-hybridized carbons (Fsp3) is 1.00. The van der Waals surface area contributed by atoms with Crippen LogP contribution < -0.4 is 0 Å². The van der Waals surface area contributed by atoms with Crippen molar-refractivity contribution in [1.82, 2.24) is 14.7 Å². The maximum absolute atomic E-state index is 2.74. The molecule has 0 saturated carbocycles. The molecule has 2 fully saturated rings. The predicted octanol–water partition coefficient (Wildman–Crippen LogP) is 1.74. The lowest BCUT2D eigenvalue weighted by Gasteiger charge is -2.38. The van der Waals surface area contributed by atoms with Crippen LogP contribution in [0.1, 0.15) is 33.6 Å². The number of piperazine rings is 1. The van der Waals surface area contributed by atoms with Crippen LogP contribution in [0.4, 0.5) is 0 Å². The van der Waals surface area contributed by atoms with Crippen molar-refractivity contribution in [3.8, 4) is 0 Å². The van der Waals surface area contributed by atoms with Gasteiger partial charge in [-0.15, -0.1) is 0 Å². The molecule has 3 nitrogen and oxygen atoms in total. The zero-order valence-corrected chi connectivity index (χ0v) is 12.6. The molecule has 0 unspecified atom stereocenters. The van der Waals surface area contributed by atoms with Gasteiger partial charge in [-0.3, -0.25) is 4.90 Å². The molecule has 1 atom stereocenters. The zero-order valence-electron chi connectivity index (χ0n) is 12.6. The lowest BCUT2D eigenvalue weighted by atomic mass is 10.1. The molecule has 0 bridgehead atoms. The van der Waals surface area contributed by atoms with Gasteiger partial charge in [0.25, 0.3) is 0 Å². The Hall–Kier alpha value is -0.120. The zero-order chi connectivity index (χ0) is 13.0. The summed E-state index contributed by atoms with van der Waals surface area (Å²) in [4.78, 5) is 8.03. The summed E-state index contributed by atoms with van der Waals surface area (Å²) in [6, 6.07) is 0.845. The first-order valence-corrected chi connectivity index (χ1v) is 7.87. The fourth-order valence-electron chi connectivity index (χ4n) is 3.46. The van der Waals surface area contributed by atoms with Crippen LogP contribution in [0.5, 0.6) is 0 Å². The number of rotatable bonds is 5. The van der Waals surface area contributed by atoms with Gasteiger partial charge in [0.05, 0.1) is 0 Å². The molecule has 3 heteroatoms. The van der Waals surface area contributed by atoms with Gasteiger partial charge in [-0.05, 0) is 31.8 Å². The summed E-state index contributed by atoms with van der Waals surface area (Å²) in [5.41, 5.74) is 0. The summed E-state index contributed by atoms with van der Waals surface area (Å²) in [6.07, 6.45) is 2.69. The van der Waals surface area contributed by atoms with Crippen LogP contribution in [-0.2, 0) is 0 Å². The van der Waals surface area contributed by atoms with E-state index in [1.807, 2.05) is 0 Å². The van der Waals surface area contributed by atoms with Gasteiger partial charge < -0.3 is 9.80 Å². The van der Waals surface area contributed by atoms with Crippen LogP contribution in [0.25, 0.3) is 0 Å². The monoisotopic (exact) mass is 253 g/mol. The molecular weight excluding hydrogens is 222 g/mol. The van der Waals surface area contributed by atoms with E-state index >= 15 is 0 Å². The van der Waals surface area contributed by atoms with Gasteiger partial charge in [-0.2, -0.15) is 0 Å². The fourth-order valence-corrected chi connectivity index (χ4v) is 3.46. The first kappa shape index (κ1) is 14.3. The van der Waals surface area contributed by atoms with E-state index in [1.165, 1.54) is 65.2 Å². The molecule has 0 amide bonds. The average molecular weight is 253 g/mol. The molecule has 0 spiro atoms. The molecule has 0 N–H and O–H groups in total. The Labute approximate surface area is 113 Å². The third-order valence-corrected chi connectivity index (χ3v) is 4.33. The van der Waals surface area contributed by atoms with E-state index in [1.54, 1.807) is 0 Å². The molecule has 0 aliphatic carbocycles. The van der Waals surface area contributed by atoms with Crippen LogP contribution >= 0.6 is 0 Å². The highest BCUT2D eigenvalue weighted by molar-refractivity contribution is 4.86. The highest BCUT2D eigenvalue weighted by atomic mass is 15.3. The minimum Gasteiger partial charge on any atom is -0.302 e. The van der Waals surface area contributed by atoms with Crippen molar-refractivity contribution >= 4 is 0 Å². The van der Waals surface area contributed by atoms with E-state index in [-0.39, 0.29) is 0 Å². The van der Waals surface area contributed by atoms with Crippen molar-refractivity contribution in [3.05, 3.63) is 0 Å². The highest BCUT2D eigenvalue weighted by Crippen LogP contribution is 2.18. The predicted molar refractivity (Wildman–Crippen MR) is 78.0 cm³/mol. The van der Waals surface area contributed by atoms with Crippen molar-refractivity contribution in [2.75, 3.05) is 52.4 Å². The molecular formula is C15H31N3. The molecule has 106 valence electrons. The third kappa shape index (κ3) is 3.94. The number of hydrogen-bond donors (Lipinski definition) is 0. The Kier molecular flexibility index (Phi) is 5.46. The van der Waals surface area contributed by atoms with Gasteiger partial charge in [0.15, 0.2) is 0 Å². The smallest absolute Gasteiger partial charge is 0.0236 e. The third-order valence-electron chi connectivity index (χ3n) is 4.33. The molecule has 18 heavy (non-hydrogen) atoms. The second-order valence-corrected chi connectivity index (χ2v) is 6.47. The van der Waals surface area contributed by atoms with Crippen molar-refractivity contribution < 1.29 is 0 Å². The second-order valence-electron chi connectivity index (χ2n) is 6.47. The Bertz CT molecular complexity index is 234.